The molecule has 0 saturated heterocycles. The van der Waals surface area contributed by atoms with Crippen LogP contribution in [0.1, 0.15) is 5.76 Å². The summed E-state index contributed by atoms with van der Waals surface area (Å²) in [6.45, 7) is -0.363. The molecule has 0 unspecified atom stereocenters. The highest BCUT2D eigenvalue weighted by Gasteiger charge is 2.09. The molecule has 0 saturated carbocycles. The fourth-order valence-corrected chi connectivity index (χ4v) is 1.46. The third kappa shape index (κ3) is 1.61. The molecule has 0 fully saturated rings. The van der Waals surface area contributed by atoms with E-state index in [4.69, 9.17) is 14.3 Å². The summed E-state index contributed by atoms with van der Waals surface area (Å²) in [5, 5.41) is 18.7. The molecule has 2 N–H and O–H groups in total. The molecule has 5 heteroatoms. The van der Waals surface area contributed by atoms with E-state index in [1.807, 2.05) is 0 Å². The molecule has 0 atom stereocenters. The number of aromatic hydroxyl groups is 1. The van der Waals surface area contributed by atoms with E-state index in [1.165, 1.54) is 25.3 Å². The first kappa shape index (κ1) is 10.5. The van der Waals surface area contributed by atoms with E-state index < -0.39 is 0 Å². The fourth-order valence-electron chi connectivity index (χ4n) is 1.46. The van der Waals surface area contributed by atoms with E-state index in [-0.39, 0.29) is 34.9 Å². The minimum Gasteiger partial charge on any atom is -0.504 e. The molecule has 0 aliphatic heterocycles. The van der Waals surface area contributed by atoms with E-state index in [1.54, 1.807) is 0 Å². The van der Waals surface area contributed by atoms with Crippen molar-refractivity contribution in [2.75, 3.05) is 7.11 Å². The third-order valence-corrected chi connectivity index (χ3v) is 2.24. The molecule has 0 bridgehead atoms. The van der Waals surface area contributed by atoms with Gasteiger partial charge in [0.1, 0.15) is 18.0 Å². The number of benzene rings is 1. The van der Waals surface area contributed by atoms with Gasteiger partial charge in [-0.15, -0.1) is 0 Å². The molecular formula is C11H10O5. The fraction of sp³-hybridized carbons (Fsp3) is 0.182. The number of rotatable bonds is 2. The molecule has 0 radical (unpaired) electrons. The maximum atomic E-state index is 11.6. The van der Waals surface area contributed by atoms with E-state index in [0.717, 1.165) is 0 Å². The summed E-state index contributed by atoms with van der Waals surface area (Å²) in [6, 6.07) is 3.89. The minimum atomic E-state index is -0.363. The van der Waals surface area contributed by atoms with Gasteiger partial charge in [0.05, 0.1) is 12.5 Å². The van der Waals surface area contributed by atoms with Gasteiger partial charge < -0.3 is 19.4 Å². The average Bonchev–Trinajstić information content (AvgIpc) is 2.28. The largest absolute Gasteiger partial charge is 0.504 e. The Morgan fingerprint density at radius 2 is 2.12 bits per heavy atom. The van der Waals surface area contributed by atoms with E-state index >= 15 is 0 Å². The Hall–Kier alpha value is -2.01. The van der Waals surface area contributed by atoms with Crippen molar-refractivity contribution in [2.45, 2.75) is 6.61 Å². The van der Waals surface area contributed by atoms with Gasteiger partial charge in [-0.1, -0.05) is 0 Å². The Bertz CT molecular complexity index is 585. The first-order valence-corrected chi connectivity index (χ1v) is 4.60. The summed E-state index contributed by atoms with van der Waals surface area (Å²) in [6.07, 6.45) is 0. The smallest absolute Gasteiger partial charge is 0.193 e. The summed E-state index contributed by atoms with van der Waals surface area (Å²) in [7, 11) is 1.39. The molecule has 16 heavy (non-hydrogen) atoms. The second-order valence-electron chi connectivity index (χ2n) is 3.26. The Labute approximate surface area is 90.5 Å². The van der Waals surface area contributed by atoms with Crippen LogP contribution in [-0.4, -0.2) is 17.3 Å². The van der Waals surface area contributed by atoms with Gasteiger partial charge in [0.25, 0.3) is 0 Å². The van der Waals surface area contributed by atoms with Gasteiger partial charge in [-0.05, 0) is 6.07 Å². The molecule has 0 spiro atoms. The van der Waals surface area contributed by atoms with Gasteiger partial charge in [0.2, 0.25) is 0 Å². The van der Waals surface area contributed by atoms with Gasteiger partial charge in [-0.2, -0.15) is 0 Å². The molecule has 84 valence electrons. The van der Waals surface area contributed by atoms with Crippen molar-refractivity contribution < 1.29 is 19.4 Å². The van der Waals surface area contributed by atoms with Gasteiger partial charge in [-0.3, -0.25) is 4.79 Å². The van der Waals surface area contributed by atoms with Crippen molar-refractivity contribution in [3.05, 3.63) is 34.2 Å². The lowest BCUT2D eigenvalue weighted by molar-refractivity contribution is 0.248. The van der Waals surface area contributed by atoms with Crippen LogP contribution in [0.5, 0.6) is 11.5 Å². The van der Waals surface area contributed by atoms with E-state index in [2.05, 4.69) is 0 Å². The number of phenols is 1. The van der Waals surface area contributed by atoms with Gasteiger partial charge in [0.15, 0.2) is 16.9 Å². The van der Waals surface area contributed by atoms with E-state index in [0.29, 0.717) is 5.39 Å². The lowest BCUT2D eigenvalue weighted by atomic mass is 10.2. The second kappa shape index (κ2) is 3.86. The van der Waals surface area contributed by atoms with E-state index in [9.17, 15) is 9.90 Å². The number of aliphatic hydroxyl groups is 1. The average molecular weight is 222 g/mol. The molecule has 0 amide bonds. The maximum Gasteiger partial charge on any atom is 0.193 e. The van der Waals surface area contributed by atoms with Crippen LogP contribution in [0.15, 0.2) is 27.4 Å². The van der Waals surface area contributed by atoms with Crippen molar-refractivity contribution in [1.82, 2.24) is 0 Å². The predicted molar refractivity (Wildman–Crippen MR) is 56.6 cm³/mol. The summed E-state index contributed by atoms with van der Waals surface area (Å²) < 4.78 is 10.1. The molecule has 0 aliphatic rings. The van der Waals surface area contributed by atoms with Crippen molar-refractivity contribution >= 4 is 11.0 Å². The molecule has 2 aromatic rings. The SMILES string of the molecule is COc1cc2c(=O)cc(CO)oc2cc1O. The summed E-state index contributed by atoms with van der Waals surface area (Å²) in [5.74, 6) is 0.242. The Kier molecular flexibility index (Phi) is 2.54. The number of ether oxygens (including phenoxy) is 1. The molecule has 5 nitrogen and oxygen atoms in total. The van der Waals surface area contributed by atoms with Crippen LogP contribution in [-0.2, 0) is 6.61 Å². The number of phenolic OH excluding ortho intramolecular Hbond substituents is 1. The number of aliphatic hydroxyl groups excluding tert-OH is 1. The topological polar surface area (TPSA) is 79.9 Å². The summed E-state index contributed by atoms with van der Waals surface area (Å²) >= 11 is 0. The van der Waals surface area contributed by atoms with Crippen LogP contribution >= 0.6 is 0 Å². The second-order valence-corrected chi connectivity index (χ2v) is 3.26. The number of hydrogen-bond acceptors (Lipinski definition) is 5. The summed E-state index contributed by atoms with van der Waals surface area (Å²) in [4.78, 5) is 11.6. The highest BCUT2D eigenvalue weighted by molar-refractivity contribution is 5.80. The van der Waals surface area contributed by atoms with Crippen LogP contribution in [0.25, 0.3) is 11.0 Å². The van der Waals surface area contributed by atoms with Gasteiger partial charge in [0, 0.05) is 12.1 Å². The zero-order valence-corrected chi connectivity index (χ0v) is 8.56. The zero-order chi connectivity index (χ0) is 11.7. The van der Waals surface area contributed by atoms with Crippen molar-refractivity contribution in [3.63, 3.8) is 0 Å². The molecule has 1 aromatic carbocycles. The number of hydrogen-bond donors (Lipinski definition) is 2. The van der Waals surface area contributed by atoms with Gasteiger partial charge >= 0.3 is 0 Å². The lowest BCUT2D eigenvalue weighted by Crippen LogP contribution is -2.02. The normalized spacial score (nSPS) is 10.6. The molecule has 1 aromatic heterocycles. The van der Waals surface area contributed by atoms with Crippen molar-refractivity contribution in [1.29, 1.82) is 0 Å². The quantitative estimate of drug-likeness (QED) is 0.792. The molecule has 2 rings (SSSR count). The zero-order valence-electron chi connectivity index (χ0n) is 8.56. The van der Waals surface area contributed by atoms with Crippen molar-refractivity contribution in [2.24, 2.45) is 0 Å². The minimum absolute atomic E-state index is 0.117. The van der Waals surface area contributed by atoms with Gasteiger partial charge in [-0.25, -0.2) is 0 Å². The van der Waals surface area contributed by atoms with Crippen LogP contribution in [0, 0.1) is 0 Å². The Balaban J connectivity index is 2.80. The highest BCUT2D eigenvalue weighted by atomic mass is 16.5. The molecule has 0 aliphatic carbocycles. The Morgan fingerprint density at radius 3 is 2.75 bits per heavy atom. The standard InChI is InChI=1S/C11H10O5/c1-15-11-3-7-8(13)2-6(5-12)16-10(7)4-9(11)14/h2-4,12,14H,5H2,1H3. The third-order valence-electron chi connectivity index (χ3n) is 2.24. The Morgan fingerprint density at radius 1 is 1.38 bits per heavy atom. The molecule has 1 heterocycles. The molecular weight excluding hydrogens is 212 g/mol. The monoisotopic (exact) mass is 222 g/mol. The van der Waals surface area contributed by atoms with Crippen LogP contribution in [0.4, 0.5) is 0 Å². The first-order valence-electron chi connectivity index (χ1n) is 4.60. The predicted octanol–water partition coefficient (Wildman–Crippen LogP) is 0.999. The van der Waals surface area contributed by atoms with Crippen molar-refractivity contribution in [3.8, 4) is 11.5 Å². The maximum absolute atomic E-state index is 11.6. The number of methoxy groups -OCH3 is 1. The number of fused-ring (bicyclic) bond motifs is 1. The van der Waals surface area contributed by atoms with Crippen LogP contribution < -0.4 is 10.2 Å². The highest BCUT2D eigenvalue weighted by Crippen LogP contribution is 2.29. The first-order chi connectivity index (χ1) is 7.65. The lowest BCUT2D eigenvalue weighted by Gasteiger charge is -2.05. The summed E-state index contributed by atoms with van der Waals surface area (Å²) in [5.41, 5.74) is -0.0709. The van der Waals surface area contributed by atoms with Crippen LogP contribution in [0.2, 0.25) is 0 Å². The van der Waals surface area contributed by atoms with Crippen LogP contribution in [0.3, 0.4) is 0 Å².